The summed E-state index contributed by atoms with van der Waals surface area (Å²) in [6, 6.07) is 4.28. The lowest BCUT2D eigenvalue weighted by Gasteiger charge is -2.32. The number of nitrogens with one attached hydrogen (secondary N) is 1. The van der Waals surface area contributed by atoms with Gasteiger partial charge >= 0.3 is 0 Å². The Morgan fingerprint density at radius 2 is 1.77 bits per heavy atom. The van der Waals surface area contributed by atoms with Gasteiger partial charge in [0.25, 0.3) is 17.7 Å². The molecule has 2 aliphatic rings. The van der Waals surface area contributed by atoms with Crippen molar-refractivity contribution in [3.63, 3.8) is 0 Å². The molecule has 1 fully saturated rings. The summed E-state index contributed by atoms with van der Waals surface area (Å²) in [6.45, 7) is 5.47. The van der Waals surface area contributed by atoms with E-state index in [-0.39, 0.29) is 47.9 Å². The molecule has 9 heteroatoms. The first-order chi connectivity index (χ1) is 14.8. The highest BCUT2D eigenvalue weighted by Gasteiger charge is 2.37. The molecule has 1 aromatic carbocycles. The fourth-order valence-corrected chi connectivity index (χ4v) is 3.80. The van der Waals surface area contributed by atoms with Crippen LogP contribution in [0.5, 0.6) is 0 Å². The molecular formula is C22H29N3O6. The van der Waals surface area contributed by atoms with E-state index in [1.165, 1.54) is 17.0 Å². The lowest BCUT2D eigenvalue weighted by Crippen LogP contribution is -2.47. The smallest absolute Gasteiger partial charge is 0.261 e. The second-order valence-electron chi connectivity index (χ2n) is 8.01. The first-order valence-electron chi connectivity index (χ1n) is 10.5. The van der Waals surface area contributed by atoms with Crippen LogP contribution in [0.3, 0.4) is 0 Å². The minimum atomic E-state index is -0.371. The fourth-order valence-electron chi connectivity index (χ4n) is 3.80. The Morgan fingerprint density at radius 3 is 2.42 bits per heavy atom. The highest BCUT2D eigenvalue weighted by Crippen LogP contribution is 2.26. The van der Waals surface area contributed by atoms with Crippen LogP contribution < -0.4 is 5.32 Å². The van der Waals surface area contributed by atoms with Crippen LogP contribution in [0.1, 0.15) is 57.8 Å². The summed E-state index contributed by atoms with van der Waals surface area (Å²) in [5.74, 6) is -1.06. The van der Waals surface area contributed by atoms with Crippen molar-refractivity contribution in [1.29, 1.82) is 0 Å². The number of fused-ring (bicyclic) bond motifs is 1. The summed E-state index contributed by atoms with van der Waals surface area (Å²) in [5.41, 5.74) is 0.936. The van der Waals surface area contributed by atoms with Crippen molar-refractivity contribution in [1.82, 2.24) is 15.1 Å². The van der Waals surface area contributed by atoms with Gasteiger partial charge < -0.3 is 19.7 Å². The van der Waals surface area contributed by atoms with Crippen LogP contribution in [-0.4, -0.2) is 85.5 Å². The SMILES string of the molecule is COCCOCC(=O)N1CCC(NC(=O)c2ccc3c(c2)C(=O)N(C(C)C)C3=O)CC1. The molecule has 0 atom stereocenters. The summed E-state index contributed by atoms with van der Waals surface area (Å²) in [7, 11) is 1.57. The highest BCUT2D eigenvalue weighted by molar-refractivity contribution is 6.22. The molecule has 0 bridgehead atoms. The predicted molar refractivity (Wildman–Crippen MR) is 112 cm³/mol. The molecule has 1 N–H and O–H groups in total. The maximum absolute atomic E-state index is 12.7. The van der Waals surface area contributed by atoms with E-state index in [4.69, 9.17) is 9.47 Å². The van der Waals surface area contributed by atoms with Crippen LogP contribution in [0.25, 0.3) is 0 Å². The Labute approximate surface area is 181 Å². The van der Waals surface area contributed by atoms with Crippen molar-refractivity contribution >= 4 is 23.6 Å². The molecule has 0 aromatic heterocycles. The number of rotatable bonds is 8. The molecule has 2 heterocycles. The molecule has 2 aliphatic heterocycles. The largest absolute Gasteiger partial charge is 0.382 e. The third-order valence-electron chi connectivity index (χ3n) is 5.54. The van der Waals surface area contributed by atoms with Gasteiger partial charge in [-0.25, -0.2) is 0 Å². The summed E-state index contributed by atoms with van der Waals surface area (Å²) < 4.78 is 10.2. The number of likely N-dealkylation sites (tertiary alicyclic amines) is 1. The van der Waals surface area contributed by atoms with Gasteiger partial charge in [0.2, 0.25) is 5.91 Å². The summed E-state index contributed by atoms with van der Waals surface area (Å²) >= 11 is 0. The number of carbonyl (C=O) groups is 4. The number of hydrogen-bond donors (Lipinski definition) is 1. The fraction of sp³-hybridized carbons (Fsp3) is 0.545. The van der Waals surface area contributed by atoms with Crippen LogP contribution in [-0.2, 0) is 14.3 Å². The molecule has 1 saturated heterocycles. The highest BCUT2D eigenvalue weighted by atomic mass is 16.5. The number of benzene rings is 1. The maximum atomic E-state index is 12.7. The molecule has 4 amide bonds. The van der Waals surface area contributed by atoms with Gasteiger partial charge in [0.15, 0.2) is 0 Å². The third kappa shape index (κ3) is 5.11. The van der Waals surface area contributed by atoms with Crippen molar-refractivity contribution in [2.24, 2.45) is 0 Å². The lowest BCUT2D eigenvalue weighted by atomic mass is 10.0. The Hall–Kier alpha value is -2.78. The molecule has 0 unspecified atom stereocenters. The van der Waals surface area contributed by atoms with Gasteiger partial charge in [0.05, 0.1) is 24.3 Å². The van der Waals surface area contributed by atoms with Gasteiger partial charge in [-0.1, -0.05) is 0 Å². The predicted octanol–water partition coefficient (Wildman–Crippen LogP) is 1.07. The molecule has 0 radical (unpaired) electrons. The third-order valence-corrected chi connectivity index (χ3v) is 5.54. The summed E-state index contributed by atoms with van der Waals surface area (Å²) in [6.07, 6.45) is 1.28. The van der Waals surface area contributed by atoms with Crippen molar-refractivity contribution in [3.8, 4) is 0 Å². The molecular weight excluding hydrogens is 402 g/mol. The standard InChI is InChI=1S/C22H29N3O6/c1-14(2)25-21(28)17-5-4-15(12-18(17)22(25)29)20(27)23-16-6-8-24(9-7-16)19(26)13-31-11-10-30-3/h4-5,12,14,16H,6-11,13H2,1-3H3,(H,23,27). The van der Waals surface area contributed by atoms with E-state index in [9.17, 15) is 19.2 Å². The number of ether oxygens (including phenoxy) is 2. The second kappa shape index (κ2) is 10.0. The van der Waals surface area contributed by atoms with E-state index in [2.05, 4.69) is 5.32 Å². The van der Waals surface area contributed by atoms with Gasteiger partial charge in [-0.05, 0) is 44.9 Å². The average molecular weight is 431 g/mol. The van der Waals surface area contributed by atoms with E-state index in [1.54, 1.807) is 31.9 Å². The van der Waals surface area contributed by atoms with Gasteiger partial charge in [-0.15, -0.1) is 0 Å². The minimum absolute atomic E-state index is 0.0235. The zero-order chi connectivity index (χ0) is 22.5. The van der Waals surface area contributed by atoms with Crippen LogP contribution in [0, 0.1) is 0 Å². The number of amides is 4. The molecule has 31 heavy (non-hydrogen) atoms. The number of nitrogens with zero attached hydrogens (tertiary/aromatic N) is 2. The first-order valence-corrected chi connectivity index (χ1v) is 10.5. The molecule has 168 valence electrons. The molecule has 0 spiro atoms. The maximum Gasteiger partial charge on any atom is 0.261 e. The quantitative estimate of drug-likeness (QED) is 0.488. The van der Waals surface area contributed by atoms with Crippen molar-refractivity contribution in [2.75, 3.05) is 40.0 Å². The lowest BCUT2D eigenvalue weighted by molar-refractivity contribution is -0.137. The molecule has 0 saturated carbocycles. The zero-order valence-corrected chi connectivity index (χ0v) is 18.2. The summed E-state index contributed by atoms with van der Waals surface area (Å²) in [4.78, 5) is 52.7. The van der Waals surface area contributed by atoms with Gasteiger partial charge in [-0.3, -0.25) is 24.1 Å². The summed E-state index contributed by atoms with van der Waals surface area (Å²) in [5, 5.41) is 2.97. The number of carbonyl (C=O) groups excluding carboxylic acids is 4. The monoisotopic (exact) mass is 431 g/mol. The van der Waals surface area contributed by atoms with E-state index < -0.39 is 0 Å². The minimum Gasteiger partial charge on any atom is -0.382 e. The molecule has 9 nitrogen and oxygen atoms in total. The van der Waals surface area contributed by atoms with E-state index >= 15 is 0 Å². The van der Waals surface area contributed by atoms with E-state index in [0.717, 1.165) is 0 Å². The number of imide groups is 1. The van der Waals surface area contributed by atoms with Crippen molar-refractivity contribution in [3.05, 3.63) is 34.9 Å². The second-order valence-corrected chi connectivity index (χ2v) is 8.01. The number of methoxy groups -OCH3 is 1. The molecule has 0 aliphatic carbocycles. The van der Waals surface area contributed by atoms with Crippen LogP contribution in [0.4, 0.5) is 0 Å². The molecule has 3 rings (SSSR count). The average Bonchev–Trinajstić information content (AvgIpc) is 3.01. The van der Waals surface area contributed by atoms with Crippen LogP contribution >= 0.6 is 0 Å². The van der Waals surface area contributed by atoms with Crippen molar-refractivity contribution in [2.45, 2.75) is 38.8 Å². The normalized spacial score (nSPS) is 16.8. The number of piperidine rings is 1. The Morgan fingerprint density at radius 1 is 1.10 bits per heavy atom. The Balaban J connectivity index is 1.53. The van der Waals surface area contributed by atoms with Crippen LogP contribution in [0.15, 0.2) is 18.2 Å². The van der Waals surface area contributed by atoms with E-state index in [0.29, 0.717) is 50.3 Å². The Kier molecular flexibility index (Phi) is 7.40. The van der Waals surface area contributed by atoms with Crippen LogP contribution in [0.2, 0.25) is 0 Å². The van der Waals surface area contributed by atoms with Gasteiger partial charge in [-0.2, -0.15) is 0 Å². The first kappa shape index (κ1) is 22.9. The van der Waals surface area contributed by atoms with Crippen molar-refractivity contribution < 1.29 is 28.7 Å². The van der Waals surface area contributed by atoms with E-state index in [1.807, 2.05) is 0 Å². The number of hydrogen-bond acceptors (Lipinski definition) is 6. The molecule has 1 aromatic rings. The topological polar surface area (TPSA) is 105 Å². The van der Waals surface area contributed by atoms with Gasteiger partial charge in [0.1, 0.15) is 6.61 Å². The van der Waals surface area contributed by atoms with Gasteiger partial charge in [0, 0.05) is 37.8 Å². The Bertz CT molecular complexity index is 861. The zero-order valence-electron chi connectivity index (χ0n) is 18.2.